The van der Waals surface area contributed by atoms with E-state index in [2.05, 4.69) is 73.5 Å². The lowest BCUT2D eigenvalue weighted by molar-refractivity contribution is 0.112. The van der Waals surface area contributed by atoms with E-state index in [0.29, 0.717) is 29.4 Å². The lowest BCUT2D eigenvalue weighted by Gasteiger charge is -2.29. The van der Waals surface area contributed by atoms with Crippen LogP contribution in [0.4, 0.5) is 5.69 Å². The predicted molar refractivity (Wildman–Crippen MR) is 146 cm³/mol. The summed E-state index contributed by atoms with van der Waals surface area (Å²) < 4.78 is 11.7. The van der Waals surface area contributed by atoms with Crippen LogP contribution in [0.5, 0.6) is 11.5 Å². The molecular formula is C26H26Br2N2O3S. The van der Waals surface area contributed by atoms with Crippen LogP contribution in [0.1, 0.15) is 37.5 Å². The highest BCUT2D eigenvalue weighted by molar-refractivity contribution is 9.08. The molecule has 1 unspecified atom stereocenters. The lowest BCUT2D eigenvalue weighted by Crippen LogP contribution is -2.37. The van der Waals surface area contributed by atoms with E-state index in [9.17, 15) is 4.79 Å². The third kappa shape index (κ3) is 5.79. The molecule has 0 bridgehead atoms. The van der Waals surface area contributed by atoms with Crippen molar-refractivity contribution in [2.75, 3.05) is 14.2 Å². The van der Waals surface area contributed by atoms with Crippen molar-refractivity contribution in [3.05, 3.63) is 74.5 Å². The Hall–Kier alpha value is -2.00. The molecule has 0 spiro atoms. The number of fused-ring (bicyclic) bond motifs is 1. The van der Waals surface area contributed by atoms with E-state index >= 15 is 0 Å². The maximum atomic E-state index is 11.8. The van der Waals surface area contributed by atoms with Gasteiger partial charge in [0.15, 0.2) is 17.8 Å². The van der Waals surface area contributed by atoms with Crippen LogP contribution in [0.25, 0.3) is 0 Å². The first kappa shape index (κ1) is 25.1. The number of likely N-dealkylation sites (N-methyl/N-ethyl adjacent to an activating group) is 1. The largest absolute Gasteiger partial charge is 0.493 e. The lowest BCUT2D eigenvalue weighted by atomic mass is 10.0. The number of ether oxygens (including phenoxy) is 2. The van der Waals surface area contributed by atoms with Crippen LogP contribution in [0.3, 0.4) is 0 Å². The summed E-state index contributed by atoms with van der Waals surface area (Å²) in [6, 6.07) is 12.2. The van der Waals surface area contributed by atoms with Crippen molar-refractivity contribution in [1.29, 1.82) is 0 Å². The van der Waals surface area contributed by atoms with Crippen LogP contribution in [0.15, 0.2) is 46.8 Å². The third-order valence-corrected chi connectivity index (χ3v) is 8.14. The molecular weight excluding hydrogens is 580 g/mol. The smallest absolute Gasteiger partial charge is 0.163 e. The number of carbonyl (C=O) groups is 1. The number of methoxy groups -OCH3 is 1. The van der Waals surface area contributed by atoms with Gasteiger partial charge in [-0.3, -0.25) is 14.7 Å². The first-order valence-corrected chi connectivity index (χ1v) is 14.0. The molecule has 1 aliphatic rings. The van der Waals surface area contributed by atoms with Gasteiger partial charge >= 0.3 is 0 Å². The zero-order valence-electron chi connectivity index (χ0n) is 19.1. The van der Waals surface area contributed by atoms with Gasteiger partial charge in [-0.25, -0.2) is 0 Å². The van der Waals surface area contributed by atoms with E-state index in [4.69, 9.17) is 14.5 Å². The maximum Gasteiger partial charge on any atom is 0.163 e. The molecule has 0 amide bonds. The minimum atomic E-state index is 0.173. The second-order valence-corrected chi connectivity index (χ2v) is 10.3. The molecule has 0 radical (unpaired) electrons. The Balaban J connectivity index is 1.57. The zero-order valence-corrected chi connectivity index (χ0v) is 23.1. The van der Waals surface area contributed by atoms with Crippen molar-refractivity contribution in [3.8, 4) is 11.5 Å². The summed E-state index contributed by atoms with van der Waals surface area (Å²) in [4.78, 5) is 20.2. The topological polar surface area (TPSA) is 51.1 Å². The minimum absolute atomic E-state index is 0.173. The molecule has 0 N–H and O–H groups in total. The monoisotopic (exact) mass is 604 g/mol. The number of carbonyl (C=O) groups excluding carboxylic acids is 1. The molecule has 2 heterocycles. The number of aliphatic imine (C=N–C) groups is 1. The van der Waals surface area contributed by atoms with Crippen molar-refractivity contribution < 1.29 is 14.3 Å². The molecule has 1 aliphatic heterocycles. The highest BCUT2D eigenvalue weighted by atomic mass is 79.9. The molecule has 0 saturated heterocycles. The van der Waals surface area contributed by atoms with Crippen molar-refractivity contribution >= 4 is 61.4 Å². The summed E-state index contributed by atoms with van der Waals surface area (Å²) in [6.07, 6.45) is 3.66. The van der Waals surface area contributed by atoms with Crippen LogP contribution in [0, 0.1) is 0 Å². The van der Waals surface area contributed by atoms with Gasteiger partial charge in [0.2, 0.25) is 0 Å². The maximum absolute atomic E-state index is 11.8. The number of thiophene rings is 1. The summed E-state index contributed by atoms with van der Waals surface area (Å²) >= 11 is 8.86. The van der Waals surface area contributed by atoms with Crippen molar-refractivity contribution in [2.45, 2.75) is 36.3 Å². The van der Waals surface area contributed by atoms with Gasteiger partial charge in [0.25, 0.3) is 0 Å². The first-order chi connectivity index (χ1) is 16.5. The van der Waals surface area contributed by atoms with Gasteiger partial charge in [-0.05, 0) is 46.8 Å². The quantitative estimate of drug-likeness (QED) is 0.155. The van der Waals surface area contributed by atoms with Gasteiger partial charge < -0.3 is 9.47 Å². The van der Waals surface area contributed by atoms with E-state index in [0.717, 1.165) is 35.5 Å². The molecule has 4 rings (SSSR count). The van der Waals surface area contributed by atoms with E-state index in [1.54, 1.807) is 30.6 Å². The normalized spacial score (nSPS) is 15.9. The van der Waals surface area contributed by atoms with Crippen molar-refractivity contribution in [1.82, 2.24) is 4.90 Å². The number of halogens is 2. The van der Waals surface area contributed by atoms with Crippen molar-refractivity contribution in [3.63, 3.8) is 0 Å². The zero-order chi connectivity index (χ0) is 24.1. The SMILES string of the molecule is COc1cc(C=O)c(N=CC2Cc3sccc3CN2C)cc1OCc1cc(CBr)cc(CBr)c1. The Morgan fingerprint density at radius 3 is 2.53 bits per heavy atom. The number of hydrogen-bond acceptors (Lipinski definition) is 6. The molecule has 0 fully saturated rings. The summed E-state index contributed by atoms with van der Waals surface area (Å²) in [5, 5.41) is 3.70. The van der Waals surface area contributed by atoms with Crippen LogP contribution < -0.4 is 9.47 Å². The standard InChI is InChI=1S/C26H26Br2N2O3S/c1-30-14-20-3-4-34-26(20)9-22(30)13-29-23-10-25(24(32-2)8-21(23)15-31)33-16-19-6-17(11-27)5-18(7-19)12-28/h3-8,10,13,15,22H,9,11-12,14,16H2,1-2H3. The number of rotatable bonds is 9. The molecule has 1 atom stereocenters. The Morgan fingerprint density at radius 1 is 1.12 bits per heavy atom. The van der Waals surface area contributed by atoms with Gasteiger partial charge in [0.05, 0.1) is 12.8 Å². The molecule has 8 heteroatoms. The Morgan fingerprint density at radius 2 is 1.85 bits per heavy atom. The van der Waals surface area contributed by atoms with E-state index in [1.807, 2.05) is 6.21 Å². The second-order valence-electron chi connectivity index (χ2n) is 8.23. The Bertz CT molecular complexity index is 1170. The van der Waals surface area contributed by atoms with Gasteiger partial charge in [-0.1, -0.05) is 50.1 Å². The molecule has 178 valence electrons. The van der Waals surface area contributed by atoms with Gasteiger partial charge in [-0.2, -0.15) is 0 Å². The number of hydrogen-bond donors (Lipinski definition) is 0. The molecule has 5 nitrogen and oxygen atoms in total. The highest BCUT2D eigenvalue weighted by Crippen LogP contribution is 2.35. The predicted octanol–water partition coefficient (Wildman–Crippen LogP) is 6.70. The molecule has 2 aromatic carbocycles. The van der Waals surface area contributed by atoms with Crippen LogP contribution in [0.2, 0.25) is 0 Å². The summed E-state index contributed by atoms with van der Waals surface area (Å²) in [5.74, 6) is 1.07. The summed E-state index contributed by atoms with van der Waals surface area (Å²) in [5.41, 5.74) is 5.88. The first-order valence-electron chi connectivity index (χ1n) is 10.9. The fraction of sp³-hybridized carbons (Fsp3) is 0.308. The highest BCUT2D eigenvalue weighted by Gasteiger charge is 2.23. The fourth-order valence-electron chi connectivity index (χ4n) is 4.03. The molecule has 1 aromatic heterocycles. The van der Waals surface area contributed by atoms with Gasteiger partial charge in [0.1, 0.15) is 6.61 Å². The number of benzene rings is 2. The van der Waals surface area contributed by atoms with Crippen molar-refractivity contribution in [2.24, 2.45) is 4.99 Å². The van der Waals surface area contributed by atoms with E-state index in [-0.39, 0.29) is 6.04 Å². The summed E-state index contributed by atoms with van der Waals surface area (Å²) in [7, 11) is 3.67. The number of alkyl halides is 2. The minimum Gasteiger partial charge on any atom is -0.493 e. The molecule has 0 aliphatic carbocycles. The third-order valence-electron chi connectivity index (χ3n) is 5.86. The summed E-state index contributed by atoms with van der Waals surface area (Å²) in [6.45, 7) is 1.28. The van der Waals surface area contributed by atoms with Gasteiger partial charge in [0, 0.05) is 52.4 Å². The average Bonchev–Trinajstić information content (AvgIpc) is 3.32. The Labute approximate surface area is 221 Å². The van der Waals surface area contributed by atoms with Crippen LogP contribution >= 0.6 is 43.2 Å². The van der Waals surface area contributed by atoms with E-state index < -0.39 is 0 Å². The number of aldehydes is 1. The molecule has 3 aromatic rings. The molecule has 34 heavy (non-hydrogen) atoms. The fourth-order valence-corrected chi connectivity index (χ4v) is 5.63. The van der Waals surface area contributed by atoms with Gasteiger partial charge in [-0.15, -0.1) is 11.3 Å². The van der Waals surface area contributed by atoms with Crippen LogP contribution in [-0.4, -0.2) is 37.6 Å². The average molecular weight is 606 g/mol. The van der Waals surface area contributed by atoms with Crippen LogP contribution in [-0.2, 0) is 30.2 Å². The number of nitrogens with zero attached hydrogens (tertiary/aromatic N) is 2. The Kier molecular flexibility index (Phi) is 8.58. The molecule has 0 saturated carbocycles. The second kappa shape index (κ2) is 11.6. The van der Waals surface area contributed by atoms with E-state index in [1.165, 1.54) is 21.6 Å².